The molecule has 1 atom stereocenters. The van der Waals surface area contributed by atoms with Crippen molar-refractivity contribution in [2.24, 2.45) is 0 Å². The van der Waals surface area contributed by atoms with Gasteiger partial charge in [-0.05, 0) is 6.92 Å². The first-order valence-electron chi connectivity index (χ1n) is 2.93. The summed E-state index contributed by atoms with van der Waals surface area (Å²) >= 11 is 3.28. The summed E-state index contributed by atoms with van der Waals surface area (Å²) in [7, 11) is 3.34. The second-order valence-corrected chi connectivity index (χ2v) is 3.20. The van der Waals surface area contributed by atoms with E-state index >= 15 is 0 Å². The van der Waals surface area contributed by atoms with E-state index in [2.05, 4.69) is 26.7 Å². The summed E-state index contributed by atoms with van der Waals surface area (Å²) in [4.78, 5) is 10.8. The van der Waals surface area contributed by atoms with Crippen molar-refractivity contribution in [3.05, 3.63) is 0 Å². The maximum Gasteiger partial charge on any atom is 0.329 e. The molecule has 0 radical (unpaired) electrons. The maximum atomic E-state index is 10.6. The Morgan fingerprint density at radius 3 is 2.50 bits per heavy atom. The zero-order valence-corrected chi connectivity index (χ0v) is 7.90. The number of rotatable bonds is 2. The lowest BCUT2D eigenvalue weighted by Gasteiger charge is -2.19. The van der Waals surface area contributed by atoms with Crippen LogP contribution in [-0.4, -0.2) is 30.1 Å². The molecule has 4 nitrogen and oxygen atoms in total. The number of carbonyl (C=O) groups is 1. The first kappa shape index (κ1) is 9.71. The molecular formula is C5H12BrN3O. The van der Waals surface area contributed by atoms with Gasteiger partial charge in [0.1, 0.15) is 0 Å². The largest absolute Gasteiger partial charge is 0.340 e. The lowest BCUT2D eigenvalue weighted by Crippen LogP contribution is -2.46. The van der Waals surface area contributed by atoms with Crippen LogP contribution in [0.4, 0.5) is 4.79 Å². The molecule has 1 unspecified atom stereocenters. The molecule has 60 valence electrons. The number of alkyl halides is 1. The number of hydrogen-bond donors (Lipinski definition) is 2. The highest BCUT2D eigenvalue weighted by atomic mass is 79.9. The Balaban J connectivity index is 3.57. The lowest BCUT2D eigenvalue weighted by atomic mass is 10.7. The molecule has 0 aromatic rings. The highest BCUT2D eigenvalue weighted by Crippen LogP contribution is 1.98. The molecule has 0 aromatic carbocycles. The summed E-state index contributed by atoms with van der Waals surface area (Å²) in [5.41, 5.74) is 2.57. The van der Waals surface area contributed by atoms with Crippen LogP contribution in [0.1, 0.15) is 6.92 Å². The van der Waals surface area contributed by atoms with E-state index in [0.717, 1.165) is 0 Å². The number of carbonyl (C=O) groups excluding carboxylic acids is 1. The molecule has 2 amide bonds. The van der Waals surface area contributed by atoms with Gasteiger partial charge in [0, 0.05) is 14.1 Å². The lowest BCUT2D eigenvalue weighted by molar-refractivity contribution is 0.198. The average molecular weight is 210 g/mol. The molecule has 0 fully saturated rings. The molecule has 0 aliphatic heterocycles. The van der Waals surface area contributed by atoms with Crippen LogP contribution in [0, 0.1) is 0 Å². The number of halogens is 1. The van der Waals surface area contributed by atoms with Gasteiger partial charge in [0.2, 0.25) is 0 Å². The molecule has 0 aliphatic carbocycles. The van der Waals surface area contributed by atoms with E-state index < -0.39 is 0 Å². The van der Waals surface area contributed by atoms with Crippen molar-refractivity contribution < 1.29 is 4.79 Å². The predicted molar refractivity (Wildman–Crippen MR) is 43.7 cm³/mol. The van der Waals surface area contributed by atoms with Crippen molar-refractivity contribution in [3.63, 3.8) is 0 Å². The molecular weight excluding hydrogens is 198 g/mol. The fourth-order valence-electron chi connectivity index (χ4n) is 0.305. The third-order valence-electron chi connectivity index (χ3n) is 1.04. The maximum absolute atomic E-state index is 10.6. The SMILES string of the molecule is CNC(=O)NN(C)C(C)Br. The molecule has 0 spiro atoms. The number of amides is 2. The summed E-state index contributed by atoms with van der Waals surface area (Å²) in [6, 6.07) is -0.214. The fraction of sp³-hybridized carbons (Fsp3) is 0.800. The van der Waals surface area contributed by atoms with Crippen LogP contribution < -0.4 is 10.7 Å². The van der Waals surface area contributed by atoms with E-state index in [1.165, 1.54) is 0 Å². The van der Waals surface area contributed by atoms with Gasteiger partial charge in [0.25, 0.3) is 0 Å². The first-order chi connectivity index (χ1) is 4.57. The zero-order chi connectivity index (χ0) is 8.15. The van der Waals surface area contributed by atoms with E-state index in [1.54, 1.807) is 19.1 Å². The van der Waals surface area contributed by atoms with Gasteiger partial charge in [0.15, 0.2) is 0 Å². The summed E-state index contributed by atoms with van der Waals surface area (Å²) in [5, 5.41) is 4.09. The molecule has 2 N–H and O–H groups in total. The van der Waals surface area contributed by atoms with Gasteiger partial charge >= 0.3 is 6.03 Å². The van der Waals surface area contributed by atoms with Crippen LogP contribution >= 0.6 is 15.9 Å². The van der Waals surface area contributed by atoms with Crippen LogP contribution in [0.15, 0.2) is 0 Å². The first-order valence-corrected chi connectivity index (χ1v) is 3.84. The van der Waals surface area contributed by atoms with Gasteiger partial charge in [-0.1, -0.05) is 15.9 Å². The van der Waals surface area contributed by atoms with Crippen molar-refractivity contribution in [2.75, 3.05) is 14.1 Å². The molecule has 0 saturated carbocycles. The van der Waals surface area contributed by atoms with Crippen LogP contribution in [0.25, 0.3) is 0 Å². The Hall–Kier alpha value is -0.290. The summed E-state index contributed by atoms with van der Waals surface area (Å²) in [6.45, 7) is 1.91. The topological polar surface area (TPSA) is 44.4 Å². The van der Waals surface area contributed by atoms with Crippen LogP contribution in [-0.2, 0) is 0 Å². The highest BCUT2D eigenvalue weighted by molar-refractivity contribution is 9.09. The second kappa shape index (κ2) is 4.51. The number of hydrogen-bond acceptors (Lipinski definition) is 2. The molecule has 0 aliphatic rings. The van der Waals surface area contributed by atoms with E-state index in [0.29, 0.717) is 0 Å². The number of hydrazine groups is 1. The summed E-state index contributed by atoms with van der Waals surface area (Å²) < 4.78 is 0. The highest BCUT2D eigenvalue weighted by Gasteiger charge is 2.05. The van der Waals surface area contributed by atoms with Crippen molar-refractivity contribution in [3.8, 4) is 0 Å². The van der Waals surface area contributed by atoms with Crippen LogP contribution in [0.2, 0.25) is 0 Å². The van der Waals surface area contributed by atoms with Gasteiger partial charge in [-0.2, -0.15) is 0 Å². The Bertz CT molecular complexity index is 117. The van der Waals surface area contributed by atoms with E-state index in [1.807, 2.05) is 6.92 Å². The fourth-order valence-corrected chi connectivity index (χ4v) is 0.407. The van der Waals surface area contributed by atoms with Crippen LogP contribution in [0.3, 0.4) is 0 Å². The Kier molecular flexibility index (Phi) is 4.38. The molecule has 0 saturated heterocycles. The Morgan fingerprint density at radius 2 is 2.20 bits per heavy atom. The Morgan fingerprint density at radius 1 is 1.70 bits per heavy atom. The molecule has 0 aromatic heterocycles. The average Bonchev–Trinajstić information content (AvgIpc) is 1.87. The standard InChI is InChI=1S/C5H12BrN3O/c1-4(6)9(3)8-5(10)7-2/h4H,1-3H3,(H2,7,8,10). The smallest absolute Gasteiger partial charge is 0.329 e. The van der Waals surface area contributed by atoms with Gasteiger partial charge in [0.05, 0.1) is 4.95 Å². The minimum absolute atomic E-state index is 0.129. The van der Waals surface area contributed by atoms with Gasteiger partial charge in [-0.3, -0.25) is 5.43 Å². The molecule has 5 heteroatoms. The van der Waals surface area contributed by atoms with Crippen molar-refractivity contribution in [1.82, 2.24) is 15.8 Å². The normalized spacial score (nSPS) is 12.9. The van der Waals surface area contributed by atoms with Gasteiger partial charge < -0.3 is 5.32 Å². The zero-order valence-electron chi connectivity index (χ0n) is 6.31. The minimum atomic E-state index is -0.214. The van der Waals surface area contributed by atoms with Gasteiger partial charge in [-0.15, -0.1) is 0 Å². The van der Waals surface area contributed by atoms with Crippen molar-refractivity contribution >= 4 is 22.0 Å². The van der Waals surface area contributed by atoms with E-state index in [-0.39, 0.29) is 11.0 Å². The molecule has 0 rings (SSSR count). The minimum Gasteiger partial charge on any atom is -0.340 e. The molecule has 0 bridgehead atoms. The molecule has 10 heavy (non-hydrogen) atoms. The number of urea groups is 1. The van der Waals surface area contributed by atoms with E-state index in [4.69, 9.17) is 0 Å². The molecule has 0 heterocycles. The number of nitrogens with one attached hydrogen (secondary N) is 2. The van der Waals surface area contributed by atoms with Gasteiger partial charge in [-0.25, -0.2) is 9.80 Å². The van der Waals surface area contributed by atoms with E-state index in [9.17, 15) is 4.79 Å². The summed E-state index contributed by atoms with van der Waals surface area (Å²) in [6.07, 6.45) is 0. The Labute approximate surface area is 69.1 Å². The van der Waals surface area contributed by atoms with Crippen molar-refractivity contribution in [1.29, 1.82) is 0 Å². The number of nitrogens with zero attached hydrogens (tertiary/aromatic N) is 1. The monoisotopic (exact) mass is 209 g/mol. The quantitative estimate of drug-likeness (QED) is 0.396. The summed E-state index contributed by atoms with van der Waals surface area (Å²) in [5.74, 6) is 0. The third-order valence-corrected chi connectivity index (χ3v) is 1.65. The predicted octanol–water partition coefficient (Wildman–Crippen LogP) is 0.503. The van der Waals surface area contributed by atoms with Crippen molar-refractivity contribution in [2.45, 2.75) is 11.9 Å². The van der Waals surface area contributed by atoms with Crippen LogP contribution in [0.5, 0.6) is 0 Å². The third kappa shape index (κ3) is 3.68. The second-order valence-electron chi connectivity index (χ2n) is 1.88.